The maximum Gasteiger partial charge on any atom is 0.151 e. The third-order valence-electron chi connectivity index (χ3n) is 2.07. The van der Waals surface area contributed by atoms with Crippen molar-refractivity contribution in [3.63, 3.8) is 0 Å². The first kappa shape index (κ1) is 19.1. The van der Waals surface area contributed by atoms with E-state index in [-0.39, 0.29) is 17.6 Å². The monoisotopic (exact) mass is 255 g/mol. The molecule has 0 N–H and O–H groups in total. The number of nitrogens with zero attached hydrogens (tertiary/aromatic N) is 1. The van der Waals surface area contributed by atoms with Gasteiger partial charge in [-0.25, -0.2) is 4.39 Å². The van der Waals surface area contributed by atoms with Crippen LogP contribution < -0.4 is 0 Å². The Kier molecular flexibility index (Phi) is 11.6. The summed E-state index contributed by atoms with van der Waals surface area (Å²) in [6.45, 7) is 9.51. The number of hydrogen-bond donors (Lipinski definition) is 0. The predicted molar refractivity (Wildman–Crippen MR) is 76.2 cm³/mol. The van der Waals surface area contributed by atoms with Crippen LogP contribution in [0, 0.1) is 5.82 Å². The van der Waals surface area contributed by atoms with Crippen LogP contribution in [0.1, 0.15) is 46.2 Å². The Labute approximate surface area is 111 Å². The summed E-state index contributed by atoms with van der Waals surface area (Å²) in [5, 5.41) is 0. The molecule has 0 spiro atoms. The van der Waals surface area contributed by atoms with Gasteiger partial charge in [-0.3, -0.25) is 9.69 Å². The predicted octanol–water partition coefficient (Wildman–Crippen LogP) is 4.07. The summed E-state index contributed by atoms with van der Waals surface area (Å²) >= 11 is 0. The molecule has 0 aliphatic rings. The van der Waals surface area contributed by atoms with E-state index in [1.807, 2.05) is 27.7 Å². The van der Waals surface area contributed by atoms with Gasteiger partial charge < -0.3 is 0 Å². The molecule has 0 aliphatic heterocycles. The summed E-state index contributed by atoms with van der Waals surface area (Å²) in [6.07, 6.45) is 0. The number of benzene rings is 1. The van der Waals surface area contributed by atoms with Gasteiger partial charge >= 0.3 is 0 Å². The Bertz CT molecular complexity index is 337. The minimum atomic E-state index is -0.356. The average molecular weight is 255 g/mol. The number of ketones is 1. The fourth-order valence-electron chi connectivity index (χ4n) is 1.57. The molecule has 3 heteroatoms. The Morgan fingerprint density at radius 3 is 2.00 bits per heavy atom. The van der Waals surface area contributed by atoms with Crippen LogP contribution in [-0.2, 0) is 4.79 Å². The molecule has 1 rings (SSSR count). The van der Waals surface area contributed by atoms with E-state index in [2.05, 4.69) is 0 Å². The van der Waals surface area contributed by atoms with Crippen LogP contribution in [0.4, 0.5) is 4.39 Å². The normalized spacial score (nSPS) is 10.7. The van der Waals surface area contributed by atoms with Crippen molar-refractivity contribution in [2.24, 2.45) is 0 Å². The lowest BCUT2D eigenvalue weighted by Gasteiger charge is -2.21. The molecule has 0 radical (unpaired) electrons. The van der Waals surface area contributed by atoms with Crippen molar-refractivity contribution in [1.82, 2.24) is 4.90 Å². The van der Waals surface area contributed by atoms with Crippen molar-refractivity contribution >= 4 is 5.78 Å². The van der Waals surface area contributed by atoms with E-state index in [4.69, 9.17) is 0 Å². The van der Waals surface area contributed by atoms with E-state index >= 15 is 0 Å². The largest absolute Gasteiger partial charge is 0.298 e. The molecule has 18 heavy (non-hydrogen) atoms. The van der Waals surface area contributed by atoms with Gasteiger partial charge in [0.1, 0.15) is 5.82 Å². The fourth-order valence-corrected chi connectivity index (χ4v) is 1.57. The zero-order valence-corrected chi connectivity index (χ0v) is 12.6. The standard InChI is InChI=1S/C11H14FNO.2C2H6/c1-8(14)11(13(2)3)9-5-4-6-10(12)7-9;2*1-2/h4-7,11H,1-3H3;2*1-2H3. The van der Waals surface area contributed by atoms with Gasteiger partial charge in [0, 0.05) is 0 Å². The first-order valence-electron chi connectivity index (χ1n) is 6.44. The summed E-state index contributed by atoms with van der Waals surface area (Å²) in [7, 11) is 3.61. The first-order valence-corrected chi connectivity index (χ1v) is 6.44. The molecule has 0 heterocycles. The van der Waals surface area contributed by atoms with Gasteiger partial charge in [0.25, 0.3) is 0 Å². The minimum Gasteiger partial charge on any atom is -0.298 e. The quantitative estimate of drug-likeness (QED) is 0.811. The molecule has 2 nitrogen and oxygen atoms in total. The van der Waals surface area contributed by atoms with Crippen LogP contribution in [0.5, 0.6) is 0 Å². The fraction of sp³-hybridized carbons (Fsp3) is 0.533. The highest BCUT2D eigenvalue weighted by molar-refractivity contribution is 5.82. The minimum absolute atomic E-state index is 0.0144. The molecule has 0 saturated carbocycles. The van der Waals surface area contributed by atoms with Crippen LogP contribution in [0.2, 0.25) is 0 Å². The summed E-state index contributed by atoms with van der Waals surface area (Å²) in [6, 6.07) is 5.78. The van der Waals surface area contributed by atoms with Crippen LogP contribution in [0.3, 0.4) is 0 Å². The van der Waals surface area contributed by atoms with Crippen molar-refractivity contribution in [2.45, 2.75) is 40.7 Å². The maximum atomic E-state index is 12.9. The van der Waals surface area contributed by atoms with E-state index in [0.717, 1.165) is 0 Å². The van der Waals surface area contributed by atoms with Crippen LogP contribution in [0.15, 0.2) is 24.3 Å². The molecular weight excluding hydrogens is 229 g/mol. The number of carbonyl (C=O) groups excluding carboxylic acids is 1. The molecule has 1 atom stereocenters. The van der Waals surface area contributed by atoms with Crippen molar-refractivity contribution < 1.29 is 9.18 Å². The topological polar surface area (TPSA) is 20.3 Å². The van der Waals surface area contributed by atoms with Gasteiger partial charge in [0.2, 0.25) is 0 Å². The van der Waals surface area contributed by atoms with Gasteiger partial charge in [0.05, 0.1) is 6.04 Å². The molecule has 1 aromatic carbocycles. The molecule has 104 valence electrons. The number of halogens is 1. The molecule has 1 unspecified atom stereocenters. The number of hydrogen-bond acceptors (Lipinski definition) is 2. The molecule has 0 bridgehead atoms. The van der Waals surface area contributed by atoms with Crippen LogP contribution in [0.25, 0.3) is 0 Å². The number of Topliss-reactive ketones (excluding diaryl/α,β-unsaturated/α-hetero) is 1. The second-order valence-electron chi connectivity index (χ2n) is 3.53. The average Bonchev–Trinajstić information content (AvgIpc) is 2.33. The second kappa shape index (κ2) is 10.9. The summed E-state index contributed by atoms with van der Waals surface area (Å²) in [4.78, 5) is 13.1. The summed E-state index contributed by atoms with van der Waals surface area (Å²) in [5.74, 6) is -0.295. The van der Waals surface area contributed by atoms with Gasteiger partial charge in [-0.05, 0) is 38.7 Å². The highest BCUT2D eigenvalue weighted by Gasteiger charge is 2.18. The third-order valence-corrected chi connectivity index (χ3v) is 2.07. The first-order chi connectivity index (χ1) is 8.52. The Morgan fingerprint density at radius 2 is 1.67 bits per heavy atom. The lowest BCUT2D eigenvalue weighted by molar-refractivity contribution is -0.121. The molecule has 0 aliphatic carbocycles. The van der Waals surface area contributed by atoms with Gasteiger partial charge in [0.15, 0.2) is 5.78 Å². The molecular formula is C15H26FNO. The molecule has 0 fully saturated rings. The lowest BCUT2D eigenvalue weighted by Crippen LogP contribution is -2.25. The zero-order chi connectivity index (χ0) is 14.7. The number of likely N-dealkylation sites (N-methyl/N-ethyl adjacent to an activating group) is 1. The molecule has 0 aromatic heterocycles. The lowest BCUT2D eigenvalue weighted by atomic mass is 10.0. The SMILES string of the molecule is CC.CC.CC(=O)C(c1cccc(F)c1)N(C)C. The van der Waals surface area contributed by atoms with Crippen molar-refractivity contribution in [3.05, 3.63) is 35.6 Å². The Balaban J connectivity index is 0. The number of carbonyl (C=O) groups is 1. The molecule has 0 amide bonds. The van der Waals surface area contributed by atoms with E-state index in [0.29, 0.717) is 5.56 Å². The summed E-state index contributed by atoms with van der Waals surface area (Å²) < 4.78 is 12.9. The van der Waals surface area contributed by atoms with Crippen LogP contribution in [-0.4, -0.2) is 24.8 Å². The Hall–Kier alpha value is -1.22. The number of rotatable bonds is 3. The van der Waals surface area contributed by atoms with Gasteiger partial charge in [-0.1, -0.05) is 39.8 Å². The summed E-state index contributed by atoms with van der Waals surface area (Å²) in [5.41, 5.74) is 0.697. The van der Waals surface area contributed by atoms with Crippen LogP contribution >= 0.6 is 0 Å². The smallest absolute Gasteiger partial charge is 0.151 e. The highest BCUT2D eigenvalue weighted by Crippen LogP contribution is 2.19. The Morgan fingerprint density at radius 1 is 1.17 bits per heavy atom. The third kappa shape index (κ3) is 6.50. The van der Waals surface area contributed by atoms with Crippen molar-refractivity contribution in [1.29, 1.82) is 0 Å². The van der Waals surface area contributed by atoms with Gasteiger partial charge in [-0.15, -0.1) is 0 Å². The van der Waals surface area contributed by atoms with E-state index in [1.165, 1.54) is 19.1 Å². The molecule has 0 saturated heterocycles. The van der Waals surface area contributed by atoms with E-state index in [9.17, 15) is 9.18 Å². The van der Waals surface area contributed by atoms with Crippen molar-refractivity contribution in [3.8, 4) is 0 Å². The maximum absolute atomic E-state index is 12.9. The van der Waals surface area contributed by atoms with Gasteiger partial charge in [-0.2, -0.15) is 0 Å². The highest BCUT2D eigenvalue weighted by atomic mass is 19.1. The molecule has 1 aromatic rings. The second-order valence-corrected chi connectivity index (χ2v) is 3.53. The van der Waals surface area contributed by atoms with Crippen molar-refractivity contribution in [2.75, 3.05) is 14.1 Å². The zero-order valence-electron chi connectivity index (χ0n) is 12.6. The van der Waals surface area contributed by atoms with E-state index < -0.39 is 0 Å². The van der Waals surface area contributed by atoms with E-state index in [1.54, 1.807) is 31.1 Å².